The maximum absolute atomic E-state index is 12.5. The molecule has 0 radical (unpaired) electrons. The molecule has 1 saturated heterocycles. The number of amides is 1. The molecule has 6 nitrogen and oxygen atoms in total. The number of halogens is 1. The SMILES string of the molecule is O=C(CSc1nnc(CN2CCCCC2)n1Cc1ccccc1)Nc1cccc(Br)c1. The molecular weight excluding hydrogens is 474 g/mol. The first-order valence-electron chi connectivity index (χ1n) is 10.5. The fourth-order valence-electron chi connectivity index (χ4n) is 3.68. The number of hydrogen-bond acceptors (Lipinski definition) is 5. The van der Waals surface area contributed by atoms with E-state index in [1.807, 2.05) is 42.5 Å². The molecule has 1 N–H and O–H groups in total. The first-order chi connectivity index (χ1) is 15.2. The zero-order valence-electron chi connectivity index (χ0n) is 17.3. The van der Waals surface area contributed by atoms with Gasteiger partial charge in [0.05, 0.1) is 18.8 Å². The Morgan fingerprint density at radius 2 is 1.81 bits per heavy atom. The van der Waals surface area contributed by atoms with Gasteiger partial charge >= 0.3 is 0 Å². The van der Waals surface area contributed by atoms with Crippen LogP contribution in [0.25, 0.3) is 0 Å². The molecule has 3 aromatic rings. The van der Waals surface area contributed by atoms with Gasteiger partial charge in [0.1, 0.15) is 5.82 Å². The molecule has 0 saturated carbocycles. The summed E-state index contributed by atoms with van der Waals surface area (Å²) in [6.07, 6.45) is 3.79. The van der Waals surface area contributed by atoms with Crippen molar-refractivity contribution < 1.29 is 4.79 Å². The molecule has 0 aliphatic carbocycles. The molecule has 1 aliphatic rings. The summed E-state index contributed by atoms with van der Waals surface area (Å²) in [6.45, 7) is 3.71. The van der Waals surface area contributed by atoms with Crippen molar-refractivity contribution in [1.29, 1.82) is 0 Å². The van der Waals surface area contributed by atoms with Gasteiger partial charge in [-0.2, -0.15) is 0 Å². The fraction of sp³-hybridized carbons (Fsp3) is 0.348. The molecule has 0 bridgehead atoms. The highest BCUT2D eigenvalue weighted by Gasteiger charge is 2.18. The van der Waals surface area contributed by atoms with Crippen molar-refractivity contribution >= 4 is 39.3 Å². The average Bonchev–Trinajstić information content (AvgIpc) is 3.15. The van der Waals surface area contributed by atoms with Crippen LogP contribution in [0.5, 0.6) is 0 Å². The normalized spacial score (nSPS) is 14.5. The Morgan fingerprint density at radius 1 is 1.00 bits per heavy atom. The number of nitrogens with one attached hydrogen (secondary N) is 1. The molecule has 162 valence electrons. The Labute approximate surface area is 195 Å². The van der Waals surface area contributed by atoms with Gasteiger partial charge < -0.3 is 9.88 Å². The second-order valence-electron chi connectivity index (χ2n) is 7.65. The topological polar surface area (TPSA) is 63.1 Å². The van der Waals surface area contributed by atoms with Crippen LogP contribution in [0.4, 0.5) is 5.69 Å². The lowest BCUT2D eigenvalue weighted by Crippen LogP contribution is -2.30. The van der Waals surface area contributed by atoms with E-state index in [9.17, 15) is 4.79 Å². The van der Waals surface area contributed by atoms with Crippen LogP contribution in [0.2, 0.25) is 0 Å². The summed E-state index contributed by atoms with van der Waals surface area (Å²) in [5.74, 6) is 1.18. The molecule has 1 amide bonds. The highest BCUT2D eigenvalue weighted by Crippen LogP contribution is 2.22. The molecule has 31 heavy (non-hydrogen) atoms. The molecule has 4 rings (SSSR count). The summed E-state index contributed by atoms with van der Waals surface area (Å²) < 4.78 is 3.09. The number of piperidine rings is 1. The molecule has 0 unspecified atom stereocenters. The highest BCUT2D eigenvalue weighted by molar-refractivity contribution is 9.10. The van der Waals surface area contributed by atoms with Gasteiger partial charge in [-0.05, 0) is 49.7 Å². The number of nitrogens with zero attached hydrogens (tertiary/aromatic N) is 4. The summed E-state index contributed by atoms with van der Waals surface area (Å²) >= 11 is 4.86. The van der Waals surface area contributed by atoms with Crippen molar-refractivity contribution in [2.45, 2.75) is 37.5 Å². The van der Waals surface area contributed by atoms with Gasteiger partial charge in [-0.3, -0.25) is 9.69 Å². The largest absolute Gasteiger partial charge is 0.325 e. The smallest absolute Gasteiger partial charge is 0.234 e. The summed E-state index contributed by atoms with van der Waals surface area (Å²) in [5, 5.41) is 12.6. The zero-order valence-corrected chi connectivity index (χ0v) is 19.7. The van der Waals surface area contributed by atoms with E-state index < -0.39 is 0 Å². The monoisotopic (exact) mass is 499 g/mol. The fourth-order valence-corrected chi connectivity index (χ4v) is 4.83. The molecule has 1 aromatic heterocycles. The van der Waals surface area contributed by atoms with Crippen LogP contribution >= 0.6 is 27.7 Å². The van der Waals surface area contributed by atoms with Gasteiger partial charge in [0.15, 0.2) is 5.16 Å². The highest BCUT2D eigenvalue weighted by atomic mass is 79.9. The summed E-state index contributed by atoms with van der Waals surface area (Å²) in [5.41, 5.74) is 1.97. The number of anilines is 1. The third-order valence-corrected chi connectivity index (χ3v) is 6.69. The standard InChI is InChI=1S/C23H26BrN5OS/c24-19-10-7-11-20(14-19)25-22(30)17-31-23-27-26-21(16-28-12-5-2-6-13-28)29(23)15-18-8-3-1-4-9-18/h1,3-4,7-11,14H,2,5-6,12-13,15-17H2,(H,25,30). The van der Waals surface area contributed by atoms with Crippen LogP contribution in [-0.4, -0.2) is 44.4 Å². The van der Waals surface area contributed by atoms with Crippen LogP contribution in [0, 0.1) is 0 Å². The predicted molar refractivity (Wildman–Crippen MR) is 128 cm³/mol. The van der Waals surface area contributed by atoms with E-state index in [0.29, 0.717) is 6.54 Å². The molecule has 1 aliphatic heterocycles. The maximum Gasteiger partial charge on any atom is 0.234 e. The van der Waals surface area contributed by atoms with Crippen molar-refractivity contribution in [1.82, 2.24) is 19.7 Å². The number of likely N-dealkylation sites (tertiary alicyclic amines) is 1. The van der Waals surface area contributed by atoms with Crippen molar-refractivity contribution in [3.05, 3.63) is 70.5 Å². The average molecular weight is 500 g/mol. The Morgan fingerprint density at radius 3 is 2.58 bits per heavy atom. The molecule has 2 aromatic carbocycles. The Bertz CT molecular complexity index is 1000. The number of rotatable bonds is 8. The van der Waals surface area contributed by atoms with Gasteiger partial charge in [0.2, 0.25) is 5.91 Å². The quantitative estimate of drug-likeness (QED) is 0.450. The van der Waals surface area contributed by atoms with Gasteiger partial charge in [-0.15, -0.1) is 10.2 Å². The first kappa shape index (κ1) is 22.0. The second kappa shape index (κ2) is 10.9. The molecule has 0 atom stereocenters. The first-order valence-corrected chi connectivity index (χ1v) is 12.3. The summed E-state index contributed by atoms with van der Waals surface area (Å²) in [6, 6.07) is 17.9. The molecule has 8 heteroatoms. The number of aromatic nitrogens is 3. The van der Waals surface area contributed by atoms with Crippen LogP contribution in [-0.2, 0) is 17.9 Å². The lowest BCUT2D eigenvalue weighted by atomic mass is 10.1. The van der Waals surface area contributed by atoms with E-state index >= 15 is 0 Å². The zero-order chi connectivity index (χ0) is 21.5. The number of carbonyl (C=O) groups excluding carboxylic acids is 1. The Hall–Kier alpha value is -2.16. The molecule has 0 spiro atoms. The van der Waals surface area contributed by atoms with Crippen LogP contribution in [0.3, 0.4) is 0 Å². The molecule has 2 heterocycles. The van der Waals surface area contributed by atoms with E-state index in [4.69, 9.17) is 0 Å². The van der Waals surface area contributed by atoms with Crippen molar-refractivity contribution in [3.8, 4) is 0 Å². The van der Waals surface area contributed by atoms with Crippen molar-refractivity contribution in [2.75, 3.05) is 24.2 Å². The third-order valence-electron chi connectivity index (χ3n) is 5.23. The summed E-state index contributed by atoms with van der Waals surface area (Å²) in [4.78, 5) is 14.9. The number of hydrogen-bond donors (Lipinski definition) is 1. The lowest BCUT2D eigenvalue weighted by Gasteiger charge is -2.26. The minimum atomic E-state index is -0.0602. The summed E-state index contributed by atoms with van der Waals surface area (Å²) in [7, 11) is 0. The number of benzene rings is 2. The van der Waals surface area contributed by atoms with Gasteiger partial charge in [-0.1, -0.05) is 70.5 Å². The molecule has 1 fully saturated rings. The van der Waals surface area contributed by atoms with Gasteiger partial charge in [-0.25, -0.2) is 0 Å². The third kappa shape index (κ3) is 6.41. The van der Waals surface area contributed by atoms with E-state index in [0.717, 1.165) is 40.8 Å². The predicted octanol–water partition coefficient (Wildman–Crippen LogP) is 4.81. The maximum atomic E-state index is 12.5. The lowest BCUT2D eigenvalue weighted by molar-refractivity contribution is -0.113. The van der Waals surface area contributed by atoms with Crippen LogP contribution < -0.4 is 5.32 Å². The second-order valence-corrected chi connectivity index (χ2v) is 9.51. The van der Waals surface area contributed by atoms with Crippen LogP contribution in [0.1, 0.15) is 30.7 Å². The van der Waals surface area contributed by atoms with Gasteiger partial charge in [0, 0.05) is 10.2 Å². The Balaban J connectivity index is 1.45. The minimum Gasteiger partial charge on any atom is -0.325 e. The molecular formula is C23H26BrN5OS. The number of thioether (sulfide) groups is 1. The van der Waals surface area contributed by atoms with Crippen LogP contribution in [0.15, 0.2) is 64.2 Å². The van der Waals surface area contributed by atoms with E-state index in [2.05, 4.69) is 53.0 Å². The van der Waals surface area contributed by atoms with E-state index in [-0.39, 0.29) is 11.7 Å². The van der Waals surface area contributed by atoms with E-state index in [1.165, 1.54) is 36.6 Å². The minimum absolute atomic E-state index is 0.0602. The van der Waals surface area contributed by atoms with Gasteiger partial charge in [0.25, 0.3) is 0 Å². The number of carbonyl (C=O) groups is 1. The van der Waals surface area contributed by atoms with Crippen molar-refractivity contribution in [2.24, 2.45) is 0 Å². The Kier molecular flexibility index (Phi) is 7.77. The van der Waals surface area contributed by atoms with Crippen molar-refractivity contribution in [3.63, 3.8) is 0 Å². The van der Waals surface area contributed by atoms with E-state index in [1.54, 1.807) is 0 Å².